The molecule has 0 radical (unpaired) electrons. The van der Waals surface area contributed by atoms with Gasteiger partial charge in [-0.1, -0.05) is 12.1 Å². The molecule has 1 aromatic heterocycles. The molecule has 1 aliphatic heterocycles. The fourth-order valence-corrected chi connectivity index (χ4v) is 2.74. The maximum absolute atomic E-state index is 12.6. The first-order chi connectivity index (χ1) is 14.1. The SMILES string of the molecule is COC(=O)c1ccccc1Nc1cc(C(=O)Nc2ccc3c(c2)OCO3)ncn1. The van der Waals surface area contributed by atoms with Gasteiger partial charge in [0.05, 0.1) is 18.4 Å². The minimum Gasteiger partial charge on any atom is -0.465 e. The van der Waals surface area contributed by atoms with Gasteiger partial charge in [0.25, 0.3) is 5.91 Å². The highest BCUT2D eigenvalue weighted by Gasteiger charge is 2.16. The number of hydrogen-bond acceptors (Lipinski definition) is 8. The lowest BCUT2D eigenvalue weighted by molar-refractivity contribution is 0.0601. The average molecular weight is 392 g/mol. The highest BCUT2D eigenvalue weighted by molar-refractivity contribution is 6.03. The van der Waals surface area contributed by atoms with Gasteiger partial charge in [-0.3, -0.25) is 4.79 Å². The number of amides is 1. The van der Waals surface area contributed by atoms with Gasteiger partial charge in [0.2, 0.25) is 6.79 Å². The van der Waals surface area contributed by atoms with Gasteiger partial charge in [0.15, 0.2) is 11.5 Å². The topological polar surface area (TPSA) is 112 Å². The average Bonchev–Trinajstić information content (AvgIpc) is 3.21. The third-order valence-corrected chi connectivity index (χ3v) is 4.13. The summed E-state index contributed by atoms with van der Waals surface area (Å²) in [5.41, 5.74) is 1.54. The summed E-state index contributed by atoms with van der Waals surface area (Å²) in [5, 5.41) is 5.76. The third-order valence-electron chi connectivity index (χ3n) is 4.13. The van der Waals surface area contributed by atoms with Crippen LogP contribution in [0.3, 0.4) is 0 Å². The molecule has 2 aromatic carbocycles. The normalized spacial score (nSPS) is 11.6. The summed E-state index contributed by atoms with van der Waals surface area (Å²) < 4.78 is 15.3. The van der Waals surface area contributed by atoms with Crippen LogP contribution in [0.15, 0.2) is 54.9 Å². The van der Waals surface area contributed by atoms with E-state index in [1.54, 1.807) is 42.5 Å². The first-order valence-corrected chi connectivity index (χ1v) is 8.61. The maximum atomic E-state index is 12.6. The predicted octanol–water partition coefficient (Wildman–Crippen LogP) is 2.99. The van der Waals surface area contributed by atoms with E-state index in [1.165, 1.54) is 19.5 Å². The van der Waals surface area contributed by atoms with Gasteiger partial charge < -0.3 is 24.8 Å². The smallest absolute Gasteiger partial charge is 0.339 e. The summed E-state index contributed by atoms with van der Waals surface area (Å²) in [4.78, 5) is 32.6. The summed E-state index contributed by atoms with van der Waals surface area (Å²) in [7, 11) is 1.31. The van der Waals surface area contributed by atoms with Crippen molar-refractivity contribution in [1.29, 1.82) is 0 Å². The molecule has 0 fully saturated rings. The van der Waals surface area contributed by atoms with Crippen molar-refractivity contribution in [1.82, 2.24) is 9.97 Å². The summed E-state index contributed by atoms with van der Waals surface area (Å²) in [6.45, 7) is 0.153. The lowest BCUT2D eigenvalue weighted by Gasteiger charge is -2.11. The molecule has 0 saturated carbocycles. The number of benzene rings is 2. The van der Waals surface area contributed by atoms with Crippen LogP contribution in [0, 0.1) is 0 Å². The van der Waals surface area contributed by atoms with Gasteiger partial charge in [-0.25, -0.2) is 14.8 Å². The zero-order valence-electron chi connectivity index (χ0n) is 15.3. The van der Waals surface area contributed by atoms with E-state index in [4.69, 9.17) is 14.2 Å². The van der Waals surface area contributed by atoms with Crippen LogP contribution in [-0.4, -0.2) is 35.7 Å². The van der Waals surface area contributed by atoms with Crippen LogP contribution in [-0.2, 0) is 4.74 Å². The van der Waals surface area contributed by atoms with Crippen molar-refractivity contribution in [3.63, 3.8) is 0 Å². The Kier molecular flexibility index (Phi) is 4.93. The number of hydrogen-bond donors (Lipinski definition) is 2. The number of methoxy groups -OCH3 is 1. The Morgan fingerprint density at radius 3 is 2.72 bits per heavy atom. The molecule has 3 aromatic rings. The number of fused-ring (bicyclic) bond motifs is 1. The van der Waals surface area contributed by atoms with Gasteiger partial charge in [-0.05, 0) is 24.3 Å². The van der Waals surface area contributed by atoms with Crippen LogP contribution >= 0.6 is 0 Å². The molecule has 0 saturated heterocycles. The number of nitrogens with one attached hydrogen (secondary N) is 2. The van der Waals surface area contributed by atoms with Crippen molar-refractivity contribution in [2.24, 2.45) is 0 Å². The molecule has 9 nitrogen and oxygen atoms in total. The quantitative estimate of drug-likeness (QED) is 0.638. The standard InChI is InChI=1S/C20H16N4O5/c1-27-20(26)13-4-2-3-5-14(13)24-18-9-15(21-10-22-18)19(25)23-12-6-7-16-17(8-12)29-11-28-16/h2-10H,11H2,1H3,(H,23,25)(H,21,22,24). The van der Waals surface area contributed by atoms with Crippen LogP contribution in [0.4, 0.5) is 17.2 Å². The molecule has 1 amide bonds. The third kappa shape index (κ3) is 3.93. The Bertz CT molecular complexity index is 1090. The fraction of sp³-hybridized carbons (Fsp3) is 0.100. The summed E-state index contributed by atoms with van der Waals surface area (Å²) in [6.07, 6.45) is 1.26. The minimum absolute atomic E-state index is 0.149. The van der Waals surface area contributed by atoms with E-state index in [1.807, 2.05) is 0 Å². The lowest BCUT2D eigenvalue weighted by atomic mass is 10.2. The Labute approximate surface area is 165 Å². The van der Waals surface area contributed by atoms with E-state index < -0.39 is 11.9 Å². The van der Waals surface area contributed by atoms with Crippen LogP contribution in [0.2, 0.25) is 0 Å². The van der Waals surface area contributed by atoms with Crippen molar-refractivity contribution >= 4 is 29.1 Å². The van der Waals surface area contributed by atoms with Crippen molar-refractivity contribution in [3.8, 4) is 11.5 Å². The second-order valence-corrected chi connectivity index (χ2v) is 5.97. The summed E-state index contributed by atoms with van der Waals surface area (Å²) in [5.74, 6) is 0.638. The molecule has 0 bridgehead atoms. The highest BCUT2D eigenvalue weighted by atomic mass is 16.7. The van der Waals surface area contributed by atoms with Gasteiger partial charge in [0.1, 0.15) is 17.8 Å². The first-order valence-electron chi connectivity index (χ1n) is 8.61. The number of nitrogens with zero attached hydrogens (tertiary/aromatic N) is 2. The number of anilines is 3. The Morgan fingerprint density at radius 1 is 1.03 bits per heavy atom. The monoisotopic (exact) mass is 392 g/mol. The van der Waals surface area contributed by atoms with Gasteiger partial charge in [-0.2, -0.15) is 0 Å². The van der Waals surface area contributed by atoms with Gasteiger partial charge >= 0.3 is 5.97 Å². The number of carbonyl (C=O) groups is 2. The molecule has 4 rings (SSSR count). The van der Waals surface area contributed by atoms with E-state index in [2.05, 4.69) is 20.6 Å². The highest BCUT2D eigenvalue weighted by Crippen LogP contribution is 2.34. The summed E-state index contributed by atoms with van der Waals surface area (Å²) >= 11 is 0. The fourth-order valence-electron chi connectivity index (χ4n) is 2.74. The molecular weight excluding hydrogens is 376 g/mol. The molecule has 2 heterocycles. The second kappa shape index (κ2) is 7.85. The first kappa shape index (κ1) is 18.2. The van der Waals surface area contributed by atoms with Crippen LogP contribution in [0.25, 0.3) is 0 Å². The molecule has 29 heavy (non-hydrogen) atoms. The second-order valence-electron chi connectivity index (χ2n) is 5.97. The van der Waals surface area contributed by atoms with Gasteiger partial charge in [-0.15, -0.1) is 0 Å². The Balaban J connectivity index is 1.52. The molecule has 0 atom stereocenters. The molecule has 0 aliphatic carbocycles. The maximum Gasteiger partial charge on any atom is 0.339 e. The molecule has 9 heteroatoms. The number of carbonyl (C=O) groups excluding carboxylic acids is 2. The molecular formula is C20H16N4O5. The van der Waals surface area contributed by atoms with E-state index in [0.717, 1.165) is 0 Å². The van der Waals surface area contributed by atoms with E-state index >= 15 is 0 Å². The zero-order chi connectivity index (χ0) is 20.2. The molecule has 0 unspecified atom stereocenters. The Morgan fingerprint density at radius 2 is 1.86 bits per heavy atom. The number of para-hydroxylation sites is 1. The number of aromatic nitrogens is 2. The zero-order valence-corrected chi connectivity index (χ0v) is 15.3. The largest absolute Gasteiger partial charge is 0.465 e. The lowest BCUT2D eigenvalue weighted by Crippen LogP contribution is -2.14. The van der Waals surface area contributed by atoms with E-state index in [0.29, 0.717) is 34.3 Å². The number of rotatable bonds is 5. The van der Waals surface area contributed by atoms with Crippen molar-refractivity contribution in [2.45, 2.75) is 0 Å². The summed E-state index contributed by atoms with van der Waals surface area (Å²) in [6, 6.07) is 13.4. The van der Waals surface area contributed by atoms with Crippen LogP contribution in [0.5, 0.6) is 11.5 Å². The molecule has 2 N–H and O–H groups in total. The predicted molar refractivity (Wildman–Crippen MR) is 104 cm³/mol. The van der Waals surface area contributed by atoms with Crippen molar-refractivity contribution < 1.29 is 23.8 Å². The molecule has 0 spiro atoms. The van der Waals surface area contributed by atoms with Gasteiger partial charge in [0, 0.05) is 17.8 Å². The minimum atomic E-state index is -0.483. The van der Waals surface area contributed by atoms with Crippen LogP contribution < -0.4 is 20.1 Å². The van der Waals surface area contributed by atoms with Crippen molar-refractivity contribution in [2.75, 3.05) is 24.5 Å². The molecule has 1 aliphatic rings. The molecule has 146 valence electrons. The van der Waals surface area contributed by atoms with Crippen LogP contribution in [0.1, 0.15) is 20.8 Å². The number of ether oxygens (including phenoxy) is 3. The van der Waals surface area contributed by atoms with Crippen molar-refractivity contribution in [3.05, 3.63) is 66.1 Å². The Hall–Kier alpha value is -4.14. The van der Waals surface area contributed by atoms with E-state index in [-0.39, 0.29) is 12.5 Å². The van der Waals surface area contributed by atoms with E-state index in [9.17, 15) is 9.59 Å². The number of esters is 1.